The summed E-state index contributed by atoms with van der Waals surface area (Å²) in [6, 6.07) is 7.29. The lowest BCUT2D eigenvalue weighted by Gasteiger charge is -2.02. The van der Waals surface area contributed by atoms with E-state index in [1.165, 1.54) is 17.6 Å². The summed E-state index contributed by atoms with van der Waals surface area (Å²) in [6.07, 6.45) is 1.57. The van der Waals surface area contributed by atoms with Crippen LogP contribution in [0.1, 0.15) is 11.4 Å². The van der Waals surface area contributed by atoms with Gasteiger partial charge in [-0.2, -0.15) is 0 Å². The molecule has 3 heterocycles. The highest BCUT2D eigenvalue weighted by Gasteiger charge is 2.09. The van der Waals surface area contributed by atoms with Crippen LogP contribution in [0.3, 0.4) is 0 Å². The maximum absolute atomic E-state index is 11.8. The zero-order chi connectivity index (χ0) is 15.4. The first-order chi connectivity index (χ1) is 10.7. The predicted molar refractivity (Wildman–Crippen MR) is 83.2 cm³/mol. The van der Waals surface area contributed by atoms with Gasteiger partial charge in [0.25, 0.3) is 0 Å². The van der Waals surface area contributed by atoms with Crippen LogP contribution in [-0.2, 0) is 11.2 Å². The van der Waals surface area contributed by atoms with E-state index in [-0.39, 0.29) is 12.3 Å². The Morgan fingerprint density at radius 2 is 2.18 bits per heavy atom. The van der Waals surface area contributed by atoms with E-state index in [1.54, 1.807) is 6.07 Å². The molecule has 0 saturated heterocycles. The predicted octanol–water partition coefficient (Wildman–Crippen LogP) is 2.76. The second-order valence-electron chi connectivity index (χ2n) is 4.54. The summed E-state index contributed by atoms with van der Waals surface area (Å²) in [5, 5.41) is 11.9. The zero-order valence-corrected chi connectivity index (χ0v) is 12.6. The van der Waals surface area contributed by atoms with Gasteiger partial charge in [0.05, 0.1) is 12.1 Å². The average Bonchev–Trinajstić information content (AvgIpc) is 3.11. The number of hydrogen-bond acceptors (Lipinski definition) is 7. The van der Waals surface area contributed by atoms with Crippen molar-refractivity contribution in [3.63, 3.8) is 0 Å². The molecule has 0 spiro atoms. The van der Waals surface area contributed by atoms with Crippen molar-refractivity contribution in [1.82, 2.24) is 15.1 Å². The van der Waals surface area contributed by atoms with E-state index < -0.39 is 0 Å². The summed E-state index contributed by atoms with van der Waals surface area (Å²) in [4.78, 5) is 20.5. The molecule has 0 unspecified atom stereocenters. The summed E-state index contributed by atoms with van der Waals surface area (Å²) in [5.41, 5.74) is 1.61. The second-order valence-corrected chi connectivity index (χ2v) is 5.40. The Hall–Kier alpha value is -2.74. The number of aromatic nitrogens is 3. The van der Waals surface area contributed by atoms with Crippen molar-refractivity contribution in [2.24, 2.45) is 0 Å². The zero-order valence-electron chi connectivity index (χ0n) is 11.7. The van der Waals surface area contributed by atoms with Gasteiger partial charge in [-0.05, 0) is 19.1 Å². The van der Waals surface area contributed by atoms with Gasteiger partial charge in [0.2, 0.25) is 5.91 Å². The van der Waals surface area contributed by atoms with Crippen molar-refractivity contribution in [1.29, 1.82) is 0 Å². The van der Waals surface area contributed by atoms with Crippen molar-refractivity contribution in [3.05, 3.63) is 47.3 Å². The smallest absolute Gasteiger partial charge is 0.231 e. The van der Waals surface area contributed by atoms with E-state index in [1.807, 2.05) is 30.5 Å². The van der Waals surface area contributed by atoms with Gasteiger partial charge in [-0.1, -0.05) is 11.2 Å². The third-order valence-electron chi connectivity index (χ3n) is 2.72. The third-order valence-corrected chi connectivity index (χ3v) is 3.53. The Labute approximate surface area is 130 Å². The third kappa shape index (κ3) is 3.67. The lowest BCUT2D eigenvalue weighted by Crippen LogP contribution is -2.14. The van der Waals surface area contributed by atoms with Gasteiger partial charge in [-0.15, -0.1) is 11.3 Å². The molecule has 7 nitrogen and oxygen atoms in total. The number of carbonyl (C=O) groups excluding carboxylic acids is 1. The standard InChI is InChI=1S/C14H13N5O2S/c1-9-3-2-4-11(15-9)18-14-16-10(8-22-14)7-13(20)17-12-5-6-21-19-12/h2-6,8H,7H2,1H3,(H,15,16,18)(H,17,19,20). The maximum atomic E-state index is 11.8. The number of amides is 1. The van der Waals surface area contributed by atoms with Crippen LogP contribution in [0.2, 0.25) is 0 Å². The molecule has 0 aliphatic carbocycles. The molecule has 22 heavy (non-hydrogen) atoms. The number of thiazole rings is 1. The largest absolute Gasteiger partial charge is 0.363 e. The Bertz CT molecular complexity index is 769. The van der Waals surface area contributed by atoms with E-state index in [2.05, 4.69) is 30.3 Å². The Morgan fingerprint density at radius 1 is 1.27 bits per heavy atom. The molecule has 0 fully saturated rings. The van der Waals surface area contributed by atoms with Gasteiger partial charge in [-0.25, -0.2) is 9.97 Å². The summed E-state index contributed by atoms with van der Waals surface area (Å²) in [6.45, 7) is 1.92. The number of nitrogens with zero attached hydrogens (tertiary/aromatic N) is 3. The first-order valence-electron chi connectivity index (χ1n) is 6.54. The number of pyridine rings is 1. The van der Waals surface area contributed by atoms with Gasteiger partial charge in [0, 0.05) is 17.1 Å². The van der Waals surface area contributed by atoms with Crippen LogP contribution in [0, 0.1) is 6.92 Å². The molecule has 0 atom stereocenters. The number of carbonyl (C=O) groups is 1. The topological polar surface area (TPSA) is 92.9 Å². The summed E-state index contributed by atoms with van der Waals surface area (Å²) >= 11 is 1.42. The van der Waals surface area contributed by atoms with E-state index in [4.69, 9.17) is 0 Å². The van der Waals surface area contributed by atoms with Gasteiger partial charge in [-0.3, -0.25) is 4.79 Å². The molecule has 0 bridgehead atoms. The van der Waals surface area contributed by atoms with Crippen LogP contribution in [0.15, 0.2) is 40.4 Å². The van der Waals surface area contributed by atoms with E-state index >= 15 is 0 Å². The number of hydrogen-bond donors (Lipinski definition) is 2. The van der Waals surface area contributed by atoms with Crippen molar-refractivity contribution in [2.45, 2.75) is 13.3 Å². The van der Waals surface area contributed by atoms with Crippen molar-refractivity contribution in [2.75, 3.05) is 10.6 Å². The quantitative estimate of drug-likeness (QED) is 0.752. The monoisotopic (exact) mass is 315 g/mol. The fourth-order valence-corrected chi connectivity index (χ4v) is 2.51. The first kappa shape index (κ1) is 14.2. The summed E-state index contributed by atoms with van der Waals surface area (Å²) < 4.78 is 4.65. The van der Waals surface area contributed by atoms with Crippen molar-refractivity contribution >= 4 is 34.0 Å². The molecule has 0 saturated carbocycles. The van der Waals surface area contributed by atoms with E-state index in [0.717, 1.165) is 11.5 Å². The number of rotatable bonds is 5. The Morgan fingerprint density at radius 3 is 2.95 bits per heavy atom. The SMILES string of the molecule is Cc1cccc(Nc2nc(CC(=O)Nc3ccon3)cs2)n1. The molecule has 1 amide bonds. The fourth-order valence-electron chi connectivity index (χ4n) is 1.80. The molecule has 0 aromatic carbocycles. The molecule has 0 radical (unpaired) electrons. The molecule has 0 aliphatic rings. The lowest BCUT2D eigenvalue weighted by molar-refractivity contribution is -0.115. The molecule has 2 N–H and O–H groups in total. The molecular weight excluding hydrogens is 302 g/mol. The van der Waals surface area contributed by atoms with Crippen LogP contribution in [-0.4, -0.2) is 21.0 Å². The number of aryl methyl sites for hydroxylation is 1. The molecule has 3 aromatic rings. The number of nitrogens with one attached hydrogen (secondary N) is 2. The van der Waals surface area contributed by atoms with Crippen LogP contribution in [0.25, 0.3) is 0 Å². The minimum atomic E-state index is -0.195. The van der Waals surface area contributed by atoms with E-state index in [0.29, 0.717) is 16.6 Å². The van der Waals surface area contributed by atoms with Crippen molar-refractivity contribution in [3.8, 4) is 0 Å². The first-order valence-corrected chi connectivity index (χ1v) is 7.42. The van der Waals surface area contributed by atoms with Gasteiger partial charge in [0.1, 0.15) is 12.1 Å². The van der Waals surface area contributed by atoms with Crippen LogP contribution in [0.5, 0.6) is 0 Å². The average molecular weight is 315 g/mol. The molecule has 8 heteroatoms. The van der Waals surface area contributed by atoms with Gasteiger partial charge >= 0.3 is 0 Å². The molecule has 0 aliphatic heterocycles. The minimum absolute atomic E-state index is 0.173. The second kappa shape index (κ2) is 6.35. The lowest BCUT2D eigenvalue weighted by atomic mass is 10.3. The summed E-state index contributed by atoms with van der Waals surface area (Å²) in [7, 11) is 0. The van der Waals surface area contributed by atoms with Crippen molar-refractivity contribution < 1.29 is 9.32 Å². The summed E-state index contributed by atoms with van der Waals surface area (Å²) in [5.74, 6) is 0.926. The fraction of sp³-hybridized carbons (Fsp3) is 0.143. The maximum Gasteiger partial charge on any atom is 0.231 e. The highest BCUT2D eigenvalue weighted by Crippen LogP contribution is 2.20. The Kier molecular flexibility index (Phi) is 4.10. The van der Waals surface area contributed by atoms with Crippen LogP contribution < -0.4 is 10.6 Å². The van der Waals surface area contributed by atoms with Crippen LogP contribution >= 0.6 is 11.3 Å². The van der Waals surface area contributed by atoms with Gasteiger partial charge in [0.15, 0.2) is 10.9 Å². The normalized spacial score (nSPS) is 10.4. The van der Waals surface area contributed by atoms with E-state index in [9.17, 15) is 4.79 Å². The molecule has 3 rings (SSSR count). The van der Waals surface area contributed by atoms with Gasteiger partial charge < -0.3 is 15.2 Å². The highest BCUT2D eigenvalue weighted by molar-refractivity contribution is 7.13. The Balaban J connectivity index is 1.60. The minimum Gasteiger partial charge on any atom is -0.363 e. The molecular formula is C14H13N5O2S. The molecule has 112 valence electrons. The van der Waals surface area contributed by atoms with Crippen LogP contribution in [0.4, 0.5) is 16.8 Å². The molecule has 3 aromatic heterocycles. The number of anilines is 3. The highest BCUT2D eigenvalue weighted by atomic mass is 32.1.